The van der Waals surface area contributed by atoms with E-state index in [1.54, 1.807) is 31.2 Å². The minimum absolute atomic E-state index is 0.0953. The molecule has 268 valence electrons. The second-order valence-electron chi connectivity index (χ2n) is 12.8. The molecule has 7 rings (SSSR count). The van der Waals surface area contributed by atoms with Gasteiger partial charge in [0.25, 0.3) is 0 Å². The third kappa shape index (κ3) is 5.97. The number of hydrogen-bond acceptors (Lipinski definition) is 5. The normalized spacial score (nSPS) is 14.7. The van der Waals surface area contributed by atoms with Gasteiger partial charge in [0.15, 0.2) is 0 Å². The molecule has 0 aromatic heterocycles. The second kappa shape index (κ2) is 13.1. The van der Waals surface area contributed by atoms with Crippen LogP contribution in [0.25, 0.3) is 39.0 Å². The van der Waals surface area contributed by atoms with Crippen molar-refractivity contribution in [3.05, 3.63) is 146 Å². The Morgan fingerprint density at radius 2 is 1.00 bits per heavy atom. The quantitative estimate of drug-likeness (QED) is 0.150. The SMILES string of the molecule is CC1=C2C(=NC3=C(CC1)c1ccc(-c4ccc(C(F)(F)F)c(F)c4)cc1C3=C(C#N)C#N)c1ccc(-c3ccc(C(F)(F)F)c(F)c3)cc1C2=C(C#N)C#N. The molecule has 0 bridgehead atoms. The summed E-state index contributed by atoms with van der Waals surface area (Å²) in [5.41, 5.74) is 1.50. The Balaban J connectivity index is 1.43. The van der Waals surface area contributed by atoms with Crippen LogP contribution in [0.5, 0.6) is 0 Å². The van der Waals surface area contributed by atoms with E-state index in [1.165, 1.54) is 12.1 Å². The van der Waals surface area contributed by atoms with Crippen LogP contribution in [0, 0.1) is 57.0 Å². The summed E-state index contributed by atoms with van der Waals surface area (Å²) in [6.07, 6.45) is -9.20. The molecule has 1 heterocycles. The molecule has 0 saturated carbocycles. The lowest BCUT2D eigenvalue weighted by Crippen LogP contribution is -2.07. The van der Waals surface area contributed by atoms with Crippen molar-refractivity contribution in [1.82, 2.24) is 0 Å². The van der Waals surface area contributed by atoms with Gasteiger partial charge >= 0.3 is 12.4 Å². The summed E-state index contributed by atoms with van der Waals surface area (Å²) >= 11 is 0. The van der Waals surface area contributed by atoms with Crippen LogP contribution in [-0.2, 0) is 12.4 Å². The van der Waals surface area contributed by atoms with Crippen LogP contribution in [0.1, 0.15) is 53.1 Å². The van der Waals surface area contributed by atoms with Crippen molar-refractivity contribution in [3.8, 4) is 46.5 Å². The van der Waals surface area contributed by atoms with Crippen LogP contribution in [0.3, 0.4) is 0 Å². The van der Waals surface area contributed by atoms with E-state index in [1.807, 2.05) is 24.3 Å². The summed E-state index contributed by atoms with van der Waals surface area (Å²) in [6, 6.07) is 22.0. The minimum Gasteiger partial charge on any atom is -0.247 e. The van der Waals surface area contributed by atoms with Crippen molar-refractivity contribution in [1.29, 1.82) is 21.0 Å². The highest BCUT2D eigenvalue weighted by molar-refractivity contribution is 6.31. The summed E-state index contributed by atoms with van der Waals surface area (Å²) in [6.45, 7) is 1.78. The van der Waals surface area contributed by atoms with Crippen molar-refractivity contribution in [2.24, 2.45) is 4.99 Å². The lowest BCUT2D eigenvalue weighted by molar-refractivity contribution is -0.140. The van der Waals surface area contributed by atoms with Gasteiger partial charge in [-0.15, -0.1) is 0 Å². The summed E-state index contributed by atoms with van der Waals surface area (Å²) < 4.78 is 109. The monoisotopic (exact) mass is 745 g/mol. The first-order valence-electron chi connectivity index (χ1n) is 16.3. The highest BCUT2D eigenvalue weighted by Gasteiger charge is 2.39. The van der Waals surface area contributed by atoms with Gasteiger partial charge in [0, 0.05) is 22.3 Å². The third-order valence-corrected chi connectivity index (χ3v) is 9.73. The summed E-state index contributed by atoms with van der Waals surface area (Å²) in [5.74, 6) is -2.97. The molecule has 0 N–H and O–H groups in total. The number of nitriles is 4. The molecular weight excluding hydrogens is 726 g/mol. The van der Waals surface area contributed by atoms with E-state index < -0.39 is 35.1 Å². The largest absolute Gasteiger partial charge is 0.419 e. The van der Waals surface area contributed by atoms with Crippen LogP contribution >= 0.6 is 0 Å². The van der Waals surface area contributed by atoms with E-state index in [2.05, 4.69) is 0 Å². The number of fused-ring (bicyclic) bond motifs is 5. The van der Waals surface area contributed by atoms with Crippen molar-refractivity contribution in [3.63, 3.8) is 0 Å². The molecule has 3 aliphatic rings. The van der Waals surface area contributed by atoms with Gasteiger partial charge in [-0.25, -0.2) is 13.8 Å². The molecule has 0 unspecified atom stereocenters. The zero-order valence-electron chi connectivity index (χ0n) is 28.1. The molecule has 2 aliphatic carbocycles. The molecule has 0 fully saturated rings. The van der Waals surface area contributed by atoms with Gasteiger partial charge < -0.3 is 0 Å². The van der Waals surface area contributed by atoms with Crippen LogP contribution in [-0.4, -0.2) is 5.71 Å². The van der Waals surface area contributed by atoms with Gasteiger partial charge in [-0.05, 0) is 101 Å². The van der Waals surface area contributed by atoms with E-state index in [-0.39, 0.29) is 50.4 Å². The number of aliphatic imine (C=N–C) groups is 1. The fourth-order valence-electron chi connectivity index (χ4n) is 7.22. The van der Waals surface area contributed by atoms with Gasteiger partial charge in [-0.3, -0.25) is 0 Å². The first-order chi connectivity index (χ1) is 26.1. The Morgan fingerprint density at radius 1 is 0.564 bits per heavy atom. The number of alkyl halides is 6. The maximum absolute atomic E-state index is 14.6. The maximum atomic E-state index is 14.6. The van der Waals surface area contributed by atoms with Gasteiger partial charge in [-0.2, -0.15) is 47.4 Å². The number of hydrogen-bond donors (Lipinski definition) is 0. The van der Waals surface area contributed by atoms with Crippen LogP contribution in [0.15, 0.2) is 106 Å². The second-order valence-corrected chi connectivity index (χ2v) is 12.8. The predicted octanol–water partition coefficient (Wildman–Crippen LogP) is 11.3. The summed E-state index contributed by atoms with van der Waals surface area (Å²) in [5, 5.41) is 40.3. The number of allylic oxidation sites excluding steroid dienone is 7. The Bertz CT molecular complexity index is 2720. The Hall–Kier alpha value is -7.09. The topological polar surface area (TPSA) is 108 Å². The standard InChI is InChI=1S/C42H19F8N5/c1-20-2-7-28-27-8-3-21(23-5-10-32(34(43)14-23)41(45,46)47)12-30(27)38(26(18-53)19-54)40(28)55-39-29-9-4-22(13-31(29)37(36(20)39)25(16-51)17-52)24-6-11-33(35(44)15-24)42(48,49)50/h3-6,8-15H,2,7H2,1H3. The molecule has 0 atom stereocenters. The number of rotatable bonds is 2. The lowest BCUT2D eigenvalue weighted by Gasteiger charge is -2.16. The average molecular weight is 746 g/mol. The molecule has 55 heavy (non-hydrogen) atoms. The molecule has 5 nitrogen and oxygen atoms in total. The van der Waals surface area contributed by atoms with Crippen molar-refractivity contribution in [2.45, 2.75) is 32.1 Å². The van der Waals surface area contributed by atoms with Crippen LogP contribution < -0.4 is 0 Å². The molecule has 4 aromatic rings. The summed E-state index contributed by atoms with van der Waals surface area (Å²) in [4.78, 5) is 5.03. The van der Waals surface area contributed by atoms with Crippen LogP contribution in [0.4, 0.5) is 35.1 Å². The molecule has 4 aromatic carbocycles. The molecule has 1 aliphatic heterocycles. The molecule has 0 saturated heterocycles. The van der Waals surface area contributed by atoms with E-state index in [0.29, 0.717) is 69.5 Å². The fraction of sp³-hybridized carbons (Fsp3) is 0.119. The van der Waals surface area contributed by atoms with E-state index in [4.69, 9.17) is 4.99 Å². The van der Waals surface area contributed by atoms with Crippen molar-refractivity contribution >= 4 is 22.4 Å². The first kappa shape index (κ1) is 36.3. The average Bonchev–Trinajstić information content (AvgIpc) is 3.60. The maximum Gasteiger partial charge on any atom is 0.419 e. The molecular formula is C42H19F8N5. The van der Waals surface area contributed by atoms with Gasteiger partial charge in [0.05, 0.1) is 22.5 Å². The van der Waals surface area contributed by atoms with Gasteiger partial charge in [0.1, 0.15) is 47.1 Å². The zero-order valence-corrected chi connectivity index (χ0v) is 28.1. The molecule has 0 radical (unpaired) electrons. The van der Waals surface area contributed by atoms with Gasteiger partial charge in [0.2, 0.25) is 0 Å². The predicted molar refractivity (Wildman–Crippen MR) is 185 cm³/mol. The minimum atomic E-state index is -4.92. The zero-order chi connectivity index (χ0) is 39.6. The number of benzene rings is 4. The van der Waals surface area contributed by atoms with Crippen molar-refractivity contribution in [2.75, 3.05) is 0 Å². The van der Waals surface area contributed by atoms with Crippen LogP contribution in [0.2, 0.25) is 0 Å². The fourth-order valence-corrected chi connectivity index (χ4v) is 7.22. The van der Waals surface area contributed by atoms with Gasteiger partial charge in [-0.1, -0.05) is 42.0 Å². The van der Waals surface area contributed by atoms with E-state index >= 15 is 0 Å². The van der Waals surface area contributed by atoms with E-state index in [9.17, 15) is 56.2 Å². The molecule has 0 spiro atoms. The smallest absolute Gasteiger partial charge is 0.247 e. The Labute approximate surface area is 307 Å². The Morgan fingerprint density at radius 3 is 1.47 bits per heavy atom. The summed E-state index contributed by atoms with van der Waals surface area (Å²) in [7, 11) is 0. The molecule has 0 amide bonds. The third-order valence-electron chi connectivity index (χ3n) is 9.73. The number of nitrogens with zero attached hydrogens (tertiary/aromatic N) is 5. The lowest BCUT2D eigenvalue weighted by atomic mass is 9.90. The first-order valence-corrected chi connectivity index (χ1v) is 16.3. The van der Waals surface area contributed by atoms with E-state index in [0.717, 1.165) is 24.3 Å². The van der Waals surface area contributed by atoms with Crippen molar-refractivity contribution < 1.29 is 35.1 Å². The molecule has 13 heteroatoms. The highest BCUT2D eigenvalue weighted by atomic mass is 19.4. The highest BCUT2D eigenvalue weighted by Crippen LogP contribution is 2.51. The number of halogens is 8. The Kier molecular flexibility index (Phi) is 8.63.